The molecule has 0 spiro atoms. The van der Waals surface area contributed by atoms with Crippen LogP contribution in [0.3, 0.4) is 0 Å². The third-order valence-corrected chi connectivity index (χ3v) is 5.06. The van der Waals surface area contributed by atoms with Crippen molar-refractivity contribution >= 4 is 11.7 Å². The van der Waals surface area contributed by atoms with Gasteiger partial charge in [-0.3, -0.25) is 9.69 Å². The third-order valence-electron chi connectivity index (χ3n) is 5.06. The number of aromatic nitrogens is 1. The number of carbonyl (C=O) groups excluding carboxylic acids is 1. The normalized spacial score (nSPS) is 23.9. The largest absolute Gasteiger partial charge is 0.378 e. The molecule has 0 unspecified atom stereocenters. The van der Waals surface area contributed by atoms with E-state index in [1.165, 1.54) is 5.56 Å². The first-order valence-electron chi connectivity index (χ1n) is 8.61. The lowest BCUT2D eigenvalue weighted by Gasteiger charge is -2.48. The highest BCUT2D eigenvalue weighted by Crippen LogP contribution is 2.30. The van der Waals surface area contributed by atoms with E-state index in [0.717, 1.165) is 38.7 Å². The van der Waals surface area contributed by atoms with E-state index in [1.54, 1.807) is 12.3 Å². The lowest BCUT2D eigenvalue weighted by molar-refractivity contribution is -0.0548. The van der Waals surface area contributed by atoms with Crippen LogP contribution in [0.1, 0.15) is 22.0 Å². The van der Waals surface area contributed by atoms with E-state index in [2.05, 4.69) is 39.0 Å². The van der Waals surface area contributed by atoms with E-state index in [0.29, 0.717) is 17.6 Å². The molecule has 6 nitrogen and oxygen atoms in total. The highest BCUT2D eigenvalue weighted by Gasteiger charge is 2.36. The molecule has 130 valence electrons. The van der Waals surface area contributed by atoms with E-state index < -0.39 is 5.91 Å². The lowest BCUT2D eigenvalue weighted by Crippen LogP contribution is -2.59. The molecule has 6 heteroatoms. The standard InChI is InChI=1S/C19H22N4O2/c20-19(24)15-6-7-18(21-10-15)22-8-9-23-16(11-22)12-25-13-17(23)14-4-2-1-3-5-14/h1-7,10,16-17H,8-9,11-13H2,(H2,20,24)/t16-,17-/m1/s1. The summed E-state index contributed by atoms with van der Waals surface area (Å²) in [7, 11) is 0. The Kier molecular flexibility index (Phi) is 4.38. The smallest absolute Gasteiger partial charge is 0.250 e. The first-order chi connectivity index (χ1) is 12.2. The van der Waals surface area contributed by atoms with Gasteiger partial charge in [-0.15, -0.1) is 0 Å². The van der Waals surface area contributed by atoms with Gasteiger partial charge in [0.15, 0.2) is 0 Å². The molecule has 25 heavy (non-hydrogen) atoms. The Balaban J connectivity index is 1.49. The fourth-order valence-corrected chi connectivity index (χ4v) is 3.73. The number of amides is 1. The van der Waals surface area contributed by atoms with Crippen LogP contribution in [0.4, 0.5) is 5.82 Å². The summed E-state index contributed by atoms with van der Waals surface area (Å²) in [6, 6.07) is 14.8. The predicted octanol–water partition coefficient (Wildman–Crippen LogP) is 1.44. The van der Waals surface area contributed by atoms with Crippen molar-refractivity contribution in [1.29, 1.82) is 0 Å². The van der Waals surface area contributed by atoms with Gasteiger partial charge in [0.2, 0.25) is 5.91 Å². The number of primary amides is 1. The molecule has 2 aliphatic rings. The summed E-state index contributed by atoms with van der Waals surface area (Å²) < 4.78 is 5.89. The van der Waals surface area contributed by atoms with Crippen molar-refractivity contribution in [1.82, 2.24) is 9.88 Å². The summed E-state index contributed by atoms with van der Waals surface area (Å²) >= 11 is 0. The molecule has 3 heterocycles. The van der Waals surface area contributed by atoms with Crippen molar-refractivity contribution in [2.24, 2.45) is 5.73 Å². The molecule has 2 saturated heterocycles. The number of pyridine rings is 1. The molecule has 2 aliphatic heterocycles. The molecule has 1 aromatic carbocycles. The average molecular weight is 338 g/mol. The zero-order valence-electron chi connectivity index (χ0n) is 14.0. The van der Waals surface area contributed by atoms with E-state index in [4.69, 9.17) is 10.5 Å². The van der Waals surface area contributed by atoms with Crippen LogP contribution in [0.5, 0.6) is 0 Å². The molecule has 0 saturated carbocycles. The Bertz CT molecular complexity index is 735. The van der Waals surface area contributed by atoms with Gasteiger partial charge in [-0.2, -0.15) is 0 Å². The molecular weight excluding hydrogens is 316 g/mol. The summed E-state index contributed by atoms with van der Waals surface area (Å²) in [5.74, 6) is 0.432. The van der Waals surface area contributed by atoms with Crippen LogP contribution in [0.25, 0.3) is 0 Å². The molecule has 2 aromatic rings. The number of piperazine rings is 1. The Morgan fingerprint density at radius 2 is 1.96 bits per heavy atom. The van der Waals surface area contributed by atoms with Crippen LogP contribution in [0.2, 0.25) is 0 Å². The van der Waals surface area contributed by atoms with Crippen molar-refractivity contribution in [3.8, 4) is 0 Å². The Hall–Kier alpha value is -2.44. The minimum atomic E-state index is -0.449. The van der Waals surface area contributed by atoms with E-state index in [9.17, 15) is 4.79 Å². The number of nitrogens with zero attached hydrogens (tertiary/aromatic N) is 3. The molecule has 2 N–H and O–H groups in total. The summed E-state index contributed by atoms with van der Waals surface area (Å²) in [4.78, 5) is 20.4. The minimum Gasteiger partial charge on any atom is -0.378 e. The fraction of sp³-hybridized carbons (Fsp3) is 0.368. The molecule has 2 atom stereocenters. The van der Waals surface area contributed by atoms with Gasteiger partial charge >= 0.3 is 0 Å². The second kappa shape index (κ2) is 6.82. The van der Waals surface area contributed by atoms with Gasteiger partial charge < -0.3 is 15.4 Å². The highest BCUT2D eigenvalue weighted by molar-refractivity contribution is 5.92. The lowest BCUT2D eigenvalue weighted by atomic mass is 10.00. The fourth-order valence-electron chi connectivity index (χ4n) is 3.73. The number of rotatable bonds is 3. The van der Waals surface area contributed by atoms with Crippen LogP contribution in [-0.2, 0) is 4.74 Å². The molecule has 1 amide bonds. The van der Waals surface area contributed by atoms with Crippen molar-refractivity contribution in [3.63, 3.8) is 0 Å². The average Bonchev–Trinajstić information content (AvgIpc) is 2.68. The number of carbonyl (C=O) groups is 1. The molecule has 0 aliphatic carbocycles. The van der Waals surface area contributed by atoms with Crippen LogP contribution in [-0.4, -0.2) is 54.7 Å². The minimum absolute atomic E-state index is 0.312. The van der Waals surface area contributed by atoms with E-state index in [-0.39, 0.29) is 0 Å². The van der Waals surface area contributed by atoms with Crippen molar-refractivity contribution < 1.29 is 9.53 Å². The SMILES string of the molecule is NC(=O)c1ccc(N2CCN3[C@@H](COC[C@@H]3c3ccccc3)C2)nc1. The third kappa shape index (κ3) is 3.23. The number of nitrogens with two attached hydrogens (primary N) is 1. The van der Waals surface area contributed by atoms with E-state index in [1.807, 2.05) is 12.1 Å². The zero-order chi connectivity index (χ0) is 17.2. The van der Waals surface area contributed by atoms with Crippen LogP contribution >= 0.6 is 0 Å². The Morgan fingerprint density at radius 1 is 1.12 bits per heavy atom. The number of morpholine rings is 1. The summed E-state index contributed by atoms with van der Waals surface area (Å²) in [5.41, 5.74) is 7.03. The topological polar surface area (TPSA) is 71.7 Å². The number of fused-ring (bicyclic) bond motifs is 1. The van der Waals surface area contributed by atoms with Crippen molar-refractivity contribution in [3.05, 3.63) is 59.8 Å². The van der Waals surface area contributed by atoms with Gasteiger partial charge in [-0.1, -0.05) is 30.3 Å². The molecule has 0 radical (unpaired) electrons. The van der Waals surface area contributed by atoms with Gasteiger partial charge in [-0.05, 0) is 17.7 Å². The van der Waals surface area contributed by atoms with Gasteiger partial charge in [0.05, 0.1) is 30.9 Å². The monoisotopic (exact) mass is 338 g/mol. The maximum absolute atomic E-state index is 11.2. The van der Waals surface area contributed by atoms with Gasteiger partial charge in [0.25, 0.3) is 0 Å². The quantitative estimate of drug-likeness (QED) is 0.917. The molecule has 2 fully saturated rings. The molecule has 1 aromatic heterocycles. The number of hydrogen-bond acceptors (Lipinski definition) is 5. The second-order valence-corrected chi connectivity index (χ2v) is 6.57. The first kappa shape index (κ1) is 16.1. The van der Waals surface area contributed by atoms with E-state index >= 15 is 0 Å². The summed E-state index contributed by atoms with van der Waals surface area (Å²) in [6.45, 7) is 4.22. The molecule has 4 rings (SSSR count). The van der Waals surface area contributed by atoms with Gasteiger partial charge in [-0.25, -0.2) is 4.98 Å². The predicted molar refractivity (Wildman–Crippen MR) is 95.5 cm³/mol. The zero-order valence-corrected chi connectivity index (χ0v) is 14.0. The summed E-state index contributed by atoms with van der Waals surface area (Å²) in [6.07, 6.45) is 1.55. The molecular formula is C19H22N4O2. The maximum Gasteiger partial charge on any atom is 0.250 e. The van der Waals surface area contributed by atoms with Crippen molar-refractivity contribution in [2.45, 2.75) is 12.1 Å². The Morgan fingerprint density at radius 3 is 2.68 bits per heavy atom. The second-order valence-electron chi connectivity index (χ2n) is 6.57. The Labute approximate surface area is 147 Å². The van der Waals surface area contributed by atoms with Crippen LogP contribution in [0, 0.1) is 0 Å². The van der Waals surface area contributed by atoms with Gasteiger partial charge in [0.1, 0.15) is 5.82 Å². The highest BCUT2D eigenvalue weighted by atomic mass is 16.5. The number of benzene rings is 1. The number of ether oxygens (including phenoxy) is 1. The number of hydrogen-bond donors (Lipinski definition) is 1. The number of anilines is 1. The summed E-state index contributed by atoms with van der Waals surface area (Å²) in [5, 5.41) is 0. The van der Waals surface area contributed by atoms with Crippen LogP contribution in [0.15, 0.2) is 48.7 Å². The van der Waals surface area contributed by atoms with Gasteiger partial charge in [0, 0.05) is 25.8 Å². The maximum atomic E-state index is 11.2. The van der Waals surface area contributed by atoms with Crippen molar-refractivity contribution in [2.75, 3.05) is 37.7 Å². The molecule has 0 bridgehead atoms. The first-order valence-corrected chi connectivity index (χ1v) is 8.61. The van der Waals surface area contributed by atoms with Crippen LogP contribution < -0.4 is 10.6 Å².